The third-order valence-electron chi connectivity index (χ3n) is 4.25. The Morgan fingerprint density at radius 3 is 2.61 bits per heavy atom. The summed E-state index contributed by atoms with van der Waals surface area (Å²) < 4.78 is 0. The summed E-state index contributed by atoms with van der Waals surface area (Å²) in [5, 5.41) is 11.2. The molecule has 2 aromatic rings. The Bertz CT molecular complexity index is 944. The van der Waals surface area contributed by atoms with Crippen LogP contribution in [0.25, 0.3) is 0 Å². The lowest BCUT2D eigenvalue weighted by Gasteiger charge is -2.23. The highest BCUT2D eigenvalue weighted by molar-refractivity contribution is 6.40. The zero-order valence-corrected chi connectivity index (χ0v) is 16.0. The first kappa shape index (κ1) is 19.6. The van der Waals surface area contributed by atoms with Gasteiger partial charge in [-0.1, -0.05) is 35.9 Å². The Labute approximate surface area is 167 Å². The van der Waals surface area contributed by atoms with Gasteiger partial charge >= 0.3 is 0 Å². The minimum atomic E-state index is -0.480. The summed E-state index contributed by atoms with van der Waals surface area (Å²) in [6.07, 6.45) is 0.401. The maximum Gasteiger partial charge on any atom is 0.267 e. The summed E-state index contributed by atoms with van der Waals surface area (Å²) in [6, 6.07) is 14.1. The number of benzene rings is 2. The number of amides is 3. The number of para-hydroxylation sites is 1. The van der Waals surface area contributed by atoms with Gasteiger partial charge in [-0.3, -0.25) is 14.4 Å². The molecule has 0 spiro atoms. The molecule has 28 heavy (non-hydrogen) atoms. The molecule has 0 saturated carbocycles. The number of nitrogens with one attached hydrogen (secondary N) is 2. The second kappa shape index (κ2) is 8.67. The predicted octanol–water partition coefficient (Wildman–Crippen LogP) is 2.89. The Balaban J connectivity index is 1.62. The fraction of sp³-hybridized carbons (Fsp3) is 0.200. The van der Waals surface area contributed by atoms with Crippen molar-refractivity contribution < 1.29 is 14.4 Å². The molecule has 0 radical (unpaired) electrons. The number of nitrogens with zero attached hydrogens (tertiary/aromatic N) is 2. The number of carbonyl (C=O) groups is 3. The normalized spacial score (nSPS) is 13.7. The molecule has 3 rings (SSSR count). The molecular formula is C20H19ClN4O3. The van der Waals surface area contributed by atoms with E-state index < -0.39 is 5.91 Å². The highest BCUT2D eigenvalue weighted by Crippen LogP contribution is 2.23. The van der Waals surface area contributed by atoms with Crippen LogP contribution < -0.4 is 15.6 Å². The van der Waals surface area contributed by atoms with Crippen LogP contribution in [0, 0.1) is 6.92 Å². The number of hydrazone groups is 1. The molecule has 144 valence electrons. The fourth-order valence-electron chi connectivity index (χ4n) is 2.69. The molecule has 2 aromatic carbocycles. The first-order valence-electron chi connectivity index (χ1n) is 8.74. The fourth-order valence-corrected chi connectivity index (χ4v) is 2.86. The van der Waals surface area contributed by atoms with Crippen molar-refractivity contribution in [2.75, 3.05) is 16.9 Å². The van der Waals surface area contributed by atoms with Gasteiger partial charge in [0.25, 0.3) is 5.91 Å². The average molecular weight is 399 g/mol. The summed E-state index contributed by atoms with van der Waals surface area (Å²) >= 11 is 6.03. The molecular weight excluding hydrogens is 380 g/mol. The van der Waals surface area contributed by atoms with Crippen LogP contribution in [0.1, 0.15) is 18.4 Å². The van der Waals surface area contributed by atoms with E-state index in [0.29, 0.717) is 16.4 Å². The number of halogens is 1. The van der Waals surface area contributed by atoms with Crippen molar-refractivity contribution in [3.63, 3.8) is 0 Å². The van der Waals surface area contributed by atoms with E-state index in [1.807, 2.05) is 6.07 Å². The highest BCUT2D eigenvalue weighted by atomic mass is 35.5. The first-order valence-corrected chi connectivity index (χ1v) is 9.12. The van der Waals surface area contributed by atoms with Crippen LogP contribution in [-0.4, -0.2) is 30.0 Å². The number of rotatable bonds is 5. The molecule has 2 N–H and O–H groups in total. The van der Waals surface area contributed by atoms with Gasteiger partial charge in [0.15, 0.2) is 0 Å². The maximum atomic E-state index is 12.4. The van der Waals surface area contributed by atoms with Crippen LogP contribution in [0.15, 0.2) is 53.6 Å². The SMILES string of the molecule is Cc1c(Cl)cccc1NC(=O)CNC(=O)C1=NN(c2ccccc2)C(=O)CC1. The molecule has 1 aliphatic heterocycles. The molecule has 0 aliphatic carbocycles. The van der Waals surface area contributed by atoms with Crippen LogP contribution in [0.4, 0.5) is 11.4 Å². The average Bonchev–Trinajstić information content (AvgIpc) is 2.70. The largest absolute Gasteiger partial charge is 0.342 e. The number of carbonyl (C=O) groups excluding carboxylic acids is 3. The molecule has 1 aliphatic rings. The van der Waals surface area contributed by atoms with E-state index in [2.05, 4.69) is 15.7 Å². The van der Waals surface area contributed by atoms with Crippen molar-refractivity contribution in [1.82, 2.24) is 5.32 Å². The zero-order valence-electron chi connectivity index (χ0n) is 15.2. The predicted molar refractivity (Wildman–Crippen MR) is 108 cm³/mol. The third kappa shape index (κ3) is 4.55. The van der Waals surface area contributed by atoms with E-state index >= 15 is 0 Å². The lowest BCUT2D eigenvalue weighted by Crippen LogP contribution is -2.41. The van der Waals surface area contributed by atoms with Crippen molar-refractivity contribution >= 4 is 46.4 Å². The van der Waals surface area contributed by atoms with Crippen LogP contribution in [0.5, 0.6) is 0 Å². The zero-order chi connectivity index (χ0) is 20.1. The van der Waals surface area contributed by atoms with Crippen molar-refractivity contribution in [3.8, 4) is 0 Å². The monoisotopic (exact) mass is 398 g/mol. The molecule has 7 nitrogen and oxygen atoms in total. The molecule has 0 atom stereocenters. The molecule has 0 fully saturated rings. The summed E-state index contributed by atoms with van der Waals surface area (Å²) in [5.41, 5.74) is 2.13. The van der Waals surface area contributed by atoms with Crippen molar-refractivity contribution in [2.45, 2.75) is 19.8 Å². The van der Waals surface area contributed by atoms with Crippen molar-refractivity contribution in [2.24, 2.45) is 5.10 Å². The van der Waals surface area contributed by atoms with Crippen molar-refractivity contribution in [1.29, 1.82) is 0 Å². The first-order chi connectivity index (χ1) is 13.5. The van der Waals surface area contributed by atoms with E-state index in [0.717, 1.165) is 5.56 Å². The quantitative estimate of drug-likeness (QED) is 0.811. The van der Waals surface area contributed by atoms with Gasteiger partial charge < -0.3 is 10.6 Å². The van der Waals surface area contributed by atoms with Crippen molar-refractivity contribution in [3.05, 3.63) is 59.1 Å². The molecule has 0 unspecified atom stereocenters. The standard InChI is InChI=1S/C20H19ClN4O3/c1-13-15(21)8-5-9-16(13)23-18(26)12-22-20(28)17-10-11-19(27)25(24-17)14-6-3-2-4-7-14/h2-9H,10-12H2,1H3,(H,22,28)(H,23,26). The van der Waals surface area contributed by atoms with Crippen LogP contribution in [-0.2, 0) is 14.4 Å². The molecule has 0 bridgehead atoms. The molecule has 8 heteroatoms. The Morgan fingerprint density at radius 1 is 1.11 bits per heavy atom. The number of hydrogen-bond donors (Lipinski definition) is 2. The van der Waals surface area contributed by atoms with Gasteiger partial charge in [0, 0.05) is 23.6 Å². The van der Waals surface area contributed by atoms with E-state index in [-0.39, 0.29) is 36.9 Å². The summed E-state index contributed by atoms with van der Waals surface area (Å²) in [6.45, 7) is 1.57. The van der Waals surface area contributed by atoms with Crippen LogP contribution in [0.3, 0.4) is 0 Å². The van der Waals surface area contributed by atoms with Gasteiger partial charge in [-0.15, -0.1) is 0 Å². The Hall–Kier alpha value is -3.19. The van der Waals surface area contributed by atoms with Gasteiger partial charge in [-0.05, 0) is 36.8 Å². The lowest BCUT2D eigenvalue weighted by molar-refractivity contribution is -0.120. The number of anilines is 2. The Kier molecular flexibility index (Phi) is 6.06. The molecule has 1 heterocycles. The topological polar surface area (TPSA) is 90.9 Å². The van der Waals surface area contributed by atoms with E-state index in [4.69, 9.17) is 11.6 Å². The maximum absolute atomic E-state index is 12.4. The second-order valence-electron chi connectivity index (χ2n) is 6.23. The van der Waals surface area contributed by atoms with Gasteiger partial charge in [0.05, 0.1) is 12.2 Å². The van der Waals surface area contributed by atoms with E-state index in [1.165, 1.54) is 5.01 Å². The second-order valence-corrected chi connectivity index (χ2v) is 6.64. The van der Waals surface area contributed by atoms with Crippen LogP contribution >= 0.6 is 11.6 Å². The smallest absolute Gasteiger partial charge is 0.267 e. The molecule has 3 amide bonds. The van der Waals surface area contributed by atoms with E-state index in [1.54, 1.807) is 49.4 Å². The summed E-state index contributed by atoms with van der Waals surface area (Å²) in [7, 11) is 0. The van der Waals surface area contributed by atoms with Gasteiger partial charge in [0.1, 0.15) is 5.71 Å². The highest BCUT2D eigenvalue weighted by Gasteiger charge is 2.25. The minimum absolute atomic E-state index is 0.176. The van der Waals surface area contributed by atoms with Gasteiger partial charge in [-0.2, -0.15) is 5.10 Å². The van der Waals surface area contributed by atoms with E-state index in [9.17, 15) is 14.4 Å². The third-order valence-corrected chi connectivity index (χ3v) is 4.66. The Morgan fingerprint density at radius 2 is 1.86 bits per heavy atom. The molecule has 0 saturated heterocycles. The van der Waals surface area contributed by atoms with Crippen LogP contribution in [0.2, 0.25) is 5.02 Å². The van der Waals surface area contributed by atoms with Gasteiger partial charge in [0.2, 0.25) is 11.8 Å². The summed E-state index contributed by atoms with van der Waals surface area (Å²) in [4.78, 5) is 36.6. The number of hydrogen-bond acceptors (Lipinski definition) is 4. The summed E-state index contributed by atoms with van der Waals surface area (Å²) in [5.74, 6) is -1.05. The lowest BCUT2D eigenvalue weighted by atomic mass is 10.1. The minimum Gasteiger partial charge on any atom is -0.342 e. The van der Waals surface area contributed by atoms with Gasteiger partial charge in [-0.25, -0.2) is 5.01 Å². The molecule has 0 aromatic heterocycles.